The summed E-state index contributed by atoms with van der Waals surface area (Å²) in [7, 11) is 0. The van der Waals surface area contributed by atoms with E-state index in [1.807, 2.05) is 19.9 Å². The van der Waals surface area contributed by atoms with Gasteiger partial charge in [0.15, 0.2) is 6.10 Å². The van der Waals surface area contributed by atoms with E-state index in [-0.39, 0.29) is 6.10 Å². The number of carbonyl (C=O) groups excluding carboxylic acids is 2. The first kappa shape index (κ1) is 13.3. The minimum absolute atomic E-state index is 0.140. The van der Waals surface area contributed by atoms with Gasteiger partial charge in [0.05, 0.1) is 5.71 Å². The molecular weight excluding hydrogens is 244 g/mol. The summed E-state index contributed by atoms with van der Waals surface area (Å²) in [5.41, 5.74) is 3.26. The van der Waals surface area contributed by atoms with Crippen molar-refractivity contribution >= 4 is 18.0 Å². The third kappa shape index (κ3) is 2.65. The fraction of sp³-hybridized carbons (Fsp3) is 0.357. The molecule has 0 radical (unpaired) electrons. The average molecular weight is 260 g/mol. The van der Waals surface area contributed by atoms with E-state index in [1.165, 1.54) is 0 Å². The number of carbonyl (C=O) groups is 2. The van der Waals surface area contributed by atoms with Gasteiger partial charge in [-0.2, -0.15) is 0 Å². The second-order valence-corrected chi connectivity index (χ2v) is 4.42. The maximum absolute atomic E-state index is 11.7. The quantitative estimate of drug-likeness (QED) is 0.843. The van der Waals surface area contributed by atoms with E-state index in [0.29, 0.717) is 12.0 Å². The molecule has 0 spiro atoms. The van der Waals surface area contributed by atoms with E-state index in [2.05, 4.69) is 10.5 Å². The van der Waals surface area contributed by atoms with E-state index in [9.17, 15) is 9.59 Å². The number of nitrogens with zero attached hydrogens (tertiary/aromatic N) is 1. The zero-order chi connectivity index (χ0) is 13.8. The van der Waals surface area contributed by atoms with Gasteiger partial charge in [0, 0.05) is 12.0 Å². The fourth-order valence-corrected chi connectivity index (χ4v) is 2.18. The number of hydrogen-bond donors (Lipinski definition) is 1. The summed E-state index contributed by atoms with van der Waals surface area (Å²) in [6.45, 7) is 3.88. The predicted molar refractivity (Wildman–Crippen MR) is 70.9 cm³/mol. The zero-order valence-corrected chi connectivity index (χ0v) is 11.0. The van der Waals surface area contributed by atoms with E-state index < -0.39 is 5.91 Å². The Labute approximate surface area is 111 Å². The van der Waals surface area contributed by atoms with Crippen LogP contribution in [-0.2, 0) is 9.63 Å². The van der Waals surface area contributed by atoms with E-state index in [1.54, 1.807) is 12.1 Å². The van der Waals surface area contributed by atoms with Gasteiger partial charge in [-0.05, 0) is 30.5 Å². The average Bonchev–Trinajstić information content (AvgIpc) is 2.88. The third-order valence-electron chi connectivity index (χ3n) is 3.30. The van der Waals surface area contributed by atoms with Crippen LogP contribution < -0.4 is 5.32 Å². The zero-order valence-electron chi connectivity index (χ0n) is 11.0. The van der Waals surface area contributed by atoms with Crippen molar-refractivity contribution in [1.82, 2.24) is 5.32 Å². The van der Waals surface area contributed by atoms with Crippen LogP contribution in [0.1, 0.15) is 47.4 Å². The molecule has 5 nitrogen and oxygen atoms in total. The molecule has 2 rings (SSSR count). The molecule has 0 aliphatic carbocycles. The molecule has 19 heavy (non-hydrogen) atoms. The highest BCUT2D eigenvalue weighted by Crippen LogP contribution is 2.31. The molecule has 1 atom stereocenters. The minimum Gasteiger partial charge on any atom is -0.387 e. The highest BCUT2D eigenvalue weighted by molar-refractivity contribution is 6.01. The summed E-state index contributed by atoms with van der Waals surface area (Å²) in [6.07, 6.45) is 1.86. The van der Waals surface area contributed by atoms with Crippen molar-refractivity contribution in [2.45, 2.75) is 32.8 Å². The molecule has 0 aromatic heterocycles. The van der Waals surface area contributed by atoms with Gasteiger partial charge in [0.2, 0.25) is 6.41 Å². The molecule has 0 fully saturated rings. The van der Waals surface area contributed by atoms with E-state index in [0.717, 1.165) is 29.7 Å². The largest absolute Gasteiger partial charge is 0.387 e. The first-order chi connectivity index (χ1) is 9.17. The molecule has 1 unspecified atom stereocenters. The number of rotatable bonds is 4. The molecule has 1 aromatic carbocycles. The molecule has 0 saturated carbocycles. The Bertz CT molecular complexity index is 537. The van der Waals surface area contributed by atoms with Gasteiger partial charge >= 0.3 is 0 Å². The van der Waals surface area contributed by atoms with Gasteiger partial charge in [0.1, 0.15) is 0 Å². The SMILES string of the molecule is CCC1=NOC(c2cccc(C(=O)NC=O)c2C)C1. The summed E-state index contributed by atoms with van der Waals surface area (Å²) in [6, 6.07) is 5.40. The normalized spacial score (nSPS) is 17.6. The lowest BCUT2D eigenvalue weighted by Gasteiger charge is -2.14. The van der Waals surface area contributed by atoms with Crippen LogP contribution in [0.3, 0.4) is 0 Å². The van der Waals surface area contributed by atoms with Gasteiger partial charge < -0.3 is 4.84 Å². The van der Waals surface area contributed by atoms with E-state index in [4.69, 9.17) is 4.84 Å². The monoisotopic (exact) mass is 260 g/mol. The van der Waals surface area contributed by atoms with Crippen molar-refractivity contribution in [1.29, 1.82) is 0 Å². The highest BCUT2D eigenvalue weighted by Gasteiger charge is 2.24. The summed E-state index contributed by atoms with van der Waals surface area (Å²) >= 11 is 0. The molecule has 1 aliphatic rings. The molecule has 1 N–H and O–H groups in total. The lowest BCUT2D eigenvalue weighted by molar-refractivity contribution is -0.108. The Kier molecular flexibility index (Phi) is 3.94. The van der Waals surface area contributed by atoms with E-state index >= 15 is 0 Å². The van der Waals surface area contributed by atoms with Gasteiger partial charge in [-0.25, -0.2) is 0 Å². The number of nitrogens with one attached hydrogen (secondary N) is 1. The molecule has 1 aromatic rings. The summed E-state index contributed by atoms with van der Waals surface area (Å²) in [5, 5.41) is 6.18. The van der Waals surface area contributed by atoms with Crippen molar-refractivity contribution in [3.05, 3.63) is 34.9 Å². The highest BCUT2D eigenvalue weighted by atomic mass is 16.6. The number of oxime groups is 1. The molecule has 1 heterocycles. The number of amides is 2. The van der Waals surface area contributed by atoms with Crippen LogP contribution in [-0.4, -0.2) is 18.0 Å². The smallest absolute Gasteiger partial charge is 0.257 e. The Morgan fingerprint density at radius 1 is 1.58 bits per heavy atom. The third-order valence-corrected chi connectivity index (χ3v) is 3.30. The molecule has 1 aliphatic heterocycles. The van der Waals surface area contributed by atoms with Crippen LogP contribution in [0.15, 0.2) is 23.4 Å². The van der Waals surface area contributed by atoms with Crippen molar-refractivity contribution in [3.63, 3.8) is 0 Å². The molecule has 5 heteroatoms. The predicted octanol–water partition coefficient (Wildman–Crippen LogP) is 2.11. The van der Waals surface area contributed by atoms with Gasteiger partial charge in [-0.15, -0.1) is 0 Å². The molecule has 2 amide bonds. The number of hydrogen-bond acceptors (Lipinski definition) is 4. The Balaban J connectivity index is 2.26. The van der Waals surface area contributed by atoms with Crippen LogP contribution in [0.2, 0.25) is 0 Å². The van der Waals surface area contributed by atoms with Crippen molar-refractivity contribution in [2.75, 3.05) is 0 Å². The van der Waals surface area contributed by atoms with Crippen molar-refractivity contribution < 1.29 is 14.4 Å². The van der Waals surface area contributed by atoms with Crippen LogP contribution >= 0.6 is 0 Å². The second-order valence-electron chi connectivity index (χ2n) is 4.42. The molecule has 0 bridgehead atoms. The van der Waals surface area contributed by atoms with Crippen molar-refractivity contribution in [2.24, 2.45) is 5.16 Å². The maximum Gasteiger partial charge on any atom is 0.257 e. The second kappa shape index (κ2) is 5.65. The summed E-state index contributed by atoms with van der Waals surface area (Å²) in [4.78, 5) is 27.5. The van der Waals surface area contributed by atoms with Gasteiger partial charge in [-0.1, -0.05) is 24.2 Å². The van der Waals surface area contributed by atoms with Crippen LogP contribution in [0, 0.1) is 6.92 Å². The topological polar surface area (TPSA) is 67.8 Å². The van der Waals surface area contributed by atoms with Crippen LogP contribution in [0.4, 0.5) is 0 Å². The Hall–Kier alpha value is -2.17. The molecule has 0 saturated heterocycles. The Morgan fingerprint density at radius 3 is 3.00 bits per heavy atom. The lowest BCUT2D eigenvalue weighted by atomic mass is 9.95. The minimum atomic E-state index is -0.399. The Morgan fingerprint density at radius 2 is 2.37 bits per heavy atom. The molecule has 100 valence electrons. The van der Waals surface area contributed by atoms with Crippen molar-refractivity contribution in [3.8, 4) is 0 Å². The molecular formula is C14H16N2O3. The maximum atomic E-state index is 11.7. The summed E-state index contributed by atoms with van der Waals surface area (Å²) in [5.74, 6) is -0.399. The number of imide groups is 1. The van der Waals surface area contributed by atoms with Gasteiger partial charge in [-0.3, -0.25) is 14.9 Å². The first-order valence-corrected chi connectivity index (χ1v) is 6.23. The van der Waals surface area contributed by atoms with Crippen LogP contribution in [0.25, 0.3) is 0 Å². The van der Waals surface area contributed by atoms with Crippen LogP contribution in [0.5, 0.6) is 0 Å². The lowest BCUT2D eigenvalue weighted by Crippen LogP contribution is -2.22. The summed E-state index contributed by atoms with van der Waals surface area (Å²) < 4.78 is 0. The standard InChI is InChI=1S/C14H16N2O3/c1-3-10-7-13(19-16-10)11-5-4-6-12(9(11)2)14(18)15-8-17/h4-6,8,13H,3,7H2,1-2H3,(H,15,17,18). The fourth-order valence-electron chi connectivity index (χ4n) is 2.18. The number of benzene rings is 1. The van der Waals surface area contributed by atoms with Gasteiger partial charge in [0.25, 0.3) is 5.91 Å². The first-order valence-electron chi connectivity index (χ1n) is 6.23.